The summed E-state index contributed by atoms with van der Waals surface area (Å²) in [4.78, 5) is 4.74. The van der Waals surface area contributed by atoms with Gasteiger partial charge in [-0.1, -0.05) is 31.9 Å². The molecule has 0 aromatic heterocycles. The Labute approximate surface area is 153 Å². The van der Waals surface area contributed by atoms with Crippen LogP contribution in [-0.2, 0) is 4.74 Å². The van der Waals surface area contributed by atoms with E-state index in [1.54, 1.807) is 12.1 Å². The highest BCUT2D eigenvalue weighted by Gasteiger charge is 2.30. The van der Waals surface area contributed by atoms with E-state index in [1.807, 2.05) is 12.1 Å². The van der Waals surface area contributed by atoms with Gasteiger partial charge in [-0.2, -0.15) is 0 Å². The number of halogens is 1. The predicted molar refractivity (Wildman–Crippen MR) is 103 cm³/mol. The number of piperidine rings is 1. The second kappa shape index (κ2) is 10.9. The number of ether oxygens (including phenoxy) is 1. The van der Waals surface area contributed by atoms with E-state index in [2.05, 4.69) is 30.8 Å². The van der Waals surface area contributed by atoms with Crippen molar-refractivity contribution in [3.05, 3.63) is 35.6 Å². The highest BCUT2D eigenvalue weighted by Crippen LogP contribution is 2.33. The summed E-state index contributed by atoms with van der Waals surface area (Å²) in [6.07, 6.45) is 5.00. The molecule has 0 spiro atoms. The molecule has 3 nitrogen and oxygen atoms in total. The van der Waals surface area contributed by atoms with Gasteiger partial charge < -0.3 is 14.5 Å². The SMILES string of the molecule is CCCCCN1CC[C@H](c2ccc(F)cc2)[C@@H](COCCN(C)C)C1. The van der Waals surface area contributed by atoms with Crippen LogP contribution < -0.4 is 0 Å². The van der Waals surface area contributed by atoms with E-state index in [4.69, 9.17) is 4.74 Å². The molecule has 1 fully saturated rings. The normalized spacial score (nSPS) is 21.8. The summed E-state index contributed by atoms with van der Waals surface area (Å²) in [6.45, 7) is 8.19. The summed E-state index contributed by atoms with van der Waals surface area (Å²) >= 11 is 0. The zero-order chi connectivity index (χ0) is 18.1. The average molecular weight is 351 g/mol. The van der Waals surface area contributed by atoms with E-state index in [9.17, 15) is 4.39 Å². The summed E-state index contributed by atoms with van der Waals surface area (Å²) in [5.41, 5.74) is 1.26. The van der Waals surface area contributed by atoms with Crippen LogP contribution in [0.4, 0.5) is 4.39 Å². The smallest absolute Gasteiger partial charge is 0.123 e. The maximum absolute atomic E-state index is 13.3. The minimum atomic E-state index is -0.153. The van der Waals surface area contributed by atoms with E-state index in [-0.39, 0.29) is 5.82 Å². The molecule has 1 aliphatic heterocycles. The lowest BCUT2D eigenvalue weighted by Gasteiger charge is -2.39. The molecule has 4 heteroatoms. The Hall–Kier alpha value is -0.970. The van der Waals surface area contributed by atoms with Crippen molar-refractivity contribution in [2.75, 3.05) is 53.5 Å². The Morgan fingerprint density at radius 1 is 1.20 bits per heavy atom. The minimum absolute atomic E-state index is 0.153. The number of unbranched alkanes of at least 4 members (excludes halogenated alkanes) is 2. The second-order valence-electron chi connectivity index (χ2n) is 7.59. The fourth-order valence-electron chi connectivity index (χ4n) is 3.70. The standard InChI is InChI=1S/C21H35FN2O/c1-4-5-6-12-24-13-11-21(18-7-9-20(22)10-8-18)19(16-24)17-25-15-14-23(2)3/h7-10,19,21H,4-6,11-17H2,1-3H3/t19-,21-/m1/s1. The third-order valence-corrected chi connectivity index (χ3v) is 5.21. The largest absolute Gasteiger partial charge is 0.380 e. The Morgan fingerprint density at radius 2 is 1.96 bits per heavy atom. The van der Waals surface area contributed by atoms with Crippen LogP contribution in [0.25, 0.3) is 0 Å². The topological polar surface area (TPSA) is 15.7 Å². The number of likely N-dealkylation sites (tertiary alicyclic amines) is 1. The minimum Gasteiger partial charge on any atom is -0.380 e. The first-order valence-electron chi connectivity index (χ1n) is 9.80. The quantitative estimate of drug-likeness (QED) is 0.593. The zero-order valence-electron chi connectivity index (χ0n) is 16.2. The molecule has 1 aromatic rings. The van der Waals surface area contributed by atoms with Gasteiger partial charge in [0, 0.05) is 19.0 Å². The first-order chi connectivity index (χ1) is 12.1. The molecule has 0 amide bonds. The van der Waals surface area contributed by atoms with E-state index < -0.39 is 0 Å². The zero-order valence-corrected chi connectivity index (χ0v) is 16.2. The van der Waals surface area contributed by atoms with Crippen LogP contribution >= 0.6 is 0 Å². The molecular formula is C21H35FN2O. The van der Waals surface area contributed by atoms with Crippen LogP contribution in [0.1, 0.15) is 44.1 Å². The molecule has 0 aliphatic carbocycles. The molecule has 0 unspecified atom stereocenters. The number of rotatable bonds is 10. The van der Waals surface area contributed by atoms with Gasteiger partial charge in [0.1, 0.15) is 5.82 Å². The highest BCUT2D eigenvalue weighted by atomic mass is 19.1. The molecule has 0 saturated carbocycles. The number of hydrogen-bond acceptors (Lipinski definition) is 3. The third-order valence-electron chi connectivity index (χ3n) is 5.21. The molecular weight excluding hydrogens is 315 g/mol. The lowest BCUT2D eigenvalue weighted by molar-refractivity contribution is 0.0427. The molecule has 1 heterocycles. The first kappa shape index (κ1) is 20.3. The van der Waals surface area contributed by atoms with E-state index in [1.165, 1.54) is 31.4 Å². The monoisotopic (exact) mass is 350 g/mol. The van der Waals surface area contributed by atoms with Gasteiger partial charge in [0.2, 0.25) is 0 Å². The van der Waals surface area contributed by atoms with Crippen molar-refractivity contribution in [3.63, 3.8) is 0 Å². The molecule has 142 valence electrons. The first-order valence-corrected chi connectivity index (χ1v) is 9.80. The summed E-state index contributed by atoms with van der Waals surface area (Å²) in [7, 11) is 4.14. The van der Waals surface area contributed by atoms with Gasteiger partial charge in [0.25, 0.3) is 0 Å². The van der Waals surface area contributed by atoms with Crippen molar-refractivity contribution in [3.8, 4) is 0 Å². The van der Waals surface area contributed by atoms with Crippen LogP contribution in [0.2, 0.25) is 0 Å². The van der Waals surface area contributed by atoms with E-state index in [0.717, 1.165) is 39.3 Å². The fourth-order valence-corrected chi connectivity index (χ4v) is 3.70. The van der Waals surface area contributed by atoms with Crippen molar-refractivity contribution in [1.82, 2.24) is 9.80 Å². The summed E-state index contributed by atoms with van der Waals surface area (Å²) in [6, 6.07) is 7.10. The number of benzene rings is 1. The molecule has 0 N–H and O–H groups in total. The molecule has 2 atom stereocenters. The van der Waals surface area contributed by atoms with Crippen LogP contribution in [0.15, 0.2) is 24.3 Å². The van der Waals surface area contributed by atoms with Crippen molar-refractivity contribution in [2.45, 2.75) is 38.5 Å². The Balaban J connectivity index is 1.94. The van der Waals surface area contributed by atoms with E-state index in [0.29, 0.717) is 11.8 Å². The van der Waals surface area contributed by atoms with Gasteiger partial charge in [-0.25, -0.2) is 4.39 Å². The maximum Gasteiger partial charge on any atom is 0.123 e. The number of hydrogen-bond donors (Lipinski definition) is 0. The van der Waals surface area contributed by atoms with Crippen LogP contribution in [0.3, 0.4) is 0 Å². The van der Waals surface area contributed by atoms with Crippen molar-refractivity contribution in [2.24, 2.45) is 5.92 Å². The maximum atomic E-state index is 13.3. The van der Waals surface area contributed by atoms with Gasteiger partial charge >= 0.3 is 0 Å². The fraction of sp³-hybridized carbons (Fsp3) is 0.714. The number of nitrogens with zero attached hydrogens (tertiary/aromatic N) is 2. The second-order valence-corrected chi connectivity index (χ2v) is 7.59. The number of likely N-dealkylation sites (N-methyl/N-ethyl adjacent to an activating group) is 1. The molecule has 25 heavy (non-hydrogen) atoms. The molecule has 1 aliphatic rings. The van der Waals surface area contributed by atoms with Crippen LogP contribution in [0.5, 0.6) is 0 Å². The lowest BCUT2D eigenvalue weighted by Crippen LogP contribution is -2.42. The molecule has 2 rings (SSSR count). The molecule has 1 saturated heterocycles. The van der Waals surface area contributed by atoms with Gasteiger partial charge in [0.15, 0.2) is 0 Å². The van der Waals surface area contributed by atoms with Crippen molar-refractivity contribution in [1.29, 1.82) is 0 Å². The lowest BCUT2D eigenvalue weighted by atomic mass is 9.80. The van der Waals surface area contributed by atoms with Crippen molar-refractivity contribution >= 4 is 0 Å². The molecule has 0 radical (unpaired) electrons. The van der Waals surface area contributed by atoms with Crippen LogP contribution in [0, 0.1) is 11.7 Å². The van der Waals surface area contributed by atoms with Crippen molar-refractivity contribution < 1.29 is 9.13 Å². The Morgan fingerprint density at radius 3 is 2.64 bits per heavy atom. The van der Waals surface area contributed by atoms with Gasteiger partial charge in [0.05, 0.1) is 13.2 Å². The third kappa shape index (κ3) is 7.04. The molecule has 0 bridgehead atoms. The van der Waals surface area contributed by atoms with Gasteiger partial charge in [-0.3, -0.25) is 0 Å². The van der Waals surface area contributed by atoms with Gasteiger partial charge in [-0.15, -0.1) is 0 Å². The summed E-state index contributed by atoms with van der Waals surface area (Å²) < 4.78 is 19.3. The Bertz CT molecular complexity index is 477. The van der Waals surface area contributed by atoms with Gasteiger partial charge in [-0.05, 0) is 63.6 Å². The predicted octanol–water partition coefficient (Wildman–Crippen LogP) is 4.00. The molecule has 1 aromatic carbocycles. The summed E-state index contributed by atoms with van der Waals surface area (Å²) in [5.74, 6) is 0.810. The Kier molecular flexibility index (Phi) is 8.87. The average Bonchev–Trinajstić information content (AvgIpc) is 2.60. The van der Waals surface area contributed by atoms with E-state index >= 15 is 0 Å². The summed E-state index contributed by atoms with van der Waals surface area (Å²) in [5, 5.41) is 0. The van der Waals surface area contributed by atoms with Crippen LogP contribution in [-0.4, -0.2) is 63.3 Å². The highest BCUT2D eigenvalue weighted by molar-refractivity contribution is 5.22.